The second-order valence-electron chi connectivity index (χ2n) is 5.71. The van der Waals surface area contributed by atoms with Crippen molar-refractivity contribution < 1.29 is 13.6 Å². The Hall–Kier alpha value is -2.78. The zero-order valence-electron chi connectivity index (χ0n) is 14.1. The van der Waals surface area contributed by atoms with E-state index < -0.39 is 0 Å². The molecule has 4 aromatic rings. The van der Waals surface area contributed by atoms with Gasteiger partial charge in [0.15, 0.2) is 5.13 Å². The Bertz CT molecular complexity index is 1110. The molecule has 136 valence electrons. The first-order chi connectivity index (χ1) is 13.1. The van der Waals surface area contributed by atoms with Crippen LogP contribution in [0.4, 0.5) is 9.52 Å². The third kappa shape index (κ3) is 4.15. The third-order valence-corrected chi connectivity index (χ3v) is 5.38. The molecule has 1 N–H and O–H groups in total. The Morgan fingerprint density at radius 3 is 2.85 bits per heavy atom. The van der Waals surface area contributed by atoms with E-state index in [0.717, 1.165) is 22.9 Å². The van der Waals surface area contributed by atoms with Crippen molar-refractivity contribution in [2.75, 3.05) is 11.1 Å². The van der Waals surface area contributed by atoms with E-state index in [1.54, 1.807) is 6.07 Å². The summed E-state index contributed by atoms with van der Waals surface area (Å²) >= 11 is 2.36. The first-order valence-electron chi connectivity index (χ1n) is 7.96. The predicted molar refractivity (Wildman–Crippen MR) is 103 cm³/mol. The zero-order chi connectivity index (χ0) is 18.8. The summed E-state index contributed by atoms with van der Waals surface area (Å²) in [5.74, 6) is -0.0825. The van der Waals surface area contributed by atoms with Gasteiger partial charge in [-0.05, 0) is 37.3 Å². The number of nitrogens with zero attached hydrogens (tertiary/aromatic N) is 3. The molecule has 4 rings (SSSR count). The molecule has 6 nitrogen and oxygen atoms in total. The van der Waals surface area contributed by atoms with Gasteiger partial charge in [0.25, 0.3) is 5.22 Å². The van der Waals surface area contributed by atoms with Crippen LogP contribution in [-0.2, 0) is 4.79 Å². The predicted octanol–water partition coefficient (Wildman–Crippen LogP) is 4.52. The van der Waals surface area contributed by atoms with Gasteiger partial charge in [-0.1, -0.05) is 40.8 Å². The number of benzene rings is 2. The van der Waals surface area contributed by atoms with Gasteiger partial charge in [-0.15, -0.1) is 10.2 Å². The number of nitrogens with one attached hydrogen (secondary N) is 1. The number of amides is 1. The molecule has 0 bridgehead atoms. The van der Waals surface area contributed by atoms with Gasteiger partial charge in [0.05, 0.1) is 16.0 Å². The second-order valence-corrected chi connectivity index (χ2v) is 7.66. The molecule has 0 aliphatic heterocycles. The Balaban J connectivity index is 1.36. The van der Waals surface area contributed by atoms with E-state index in [2.05, 4.69) is 20.5 Å². The molecule has 0 unspecified atom stereocenters. The summed E-state index contributed by atoms with van der Waals surface area (Å²) in [6.45, 7) is 2.00. The van der Waals surface area contributed by atoms with Crippen molar-refractivity contribution >= 4 is 44.4 Å². The van der Waals surface area contributed by atoms with Crippen LogP contribution in [0.15, 0.2) is 52.1 Å². The number of rotatable bonds is 5. The van der Waals surface area contributed by atoms with Gasteiger partial charge < -0.3 is 9.73 Å². The van der Waals surface area contributed by atoms with Crippen molar-refractivity contribution in [2.45, 2.75) is 12.1 Å². The Labute approximate surface area is 161 Å². The van der Waals surface area contributed by atoms with Crippen LogP contribution in [0.2, 0.25) is 0 Å². The lowest BCUT2D eigenvalue weighted by atomic mass is 10.1. The average molecular weight is 400 g/mol. The summed E-state index contributed by atoms with van der Waals surface area (Å²) in [6, 6.07) is 12.0. The molecule has 0 aliphatic carbocycles. The van der Waals surface area contributed by atoms with Crippen LogP contribution in [0.5, 0.6) is 0 Å². The van der Waals surface area contributed by atoms with Crippen LogP contribution in [-0.4, -0.2) is 26.8 Å². The number of aryl methyl sites for hydroxylation is 1. The van der Waals surface area contributed by atoms with Gasteiger partial charge in [-0.3, -0.25) is 4.79 Å². The highest BCUT2D eigenvalue weighted by Gasteiger charge is 2.13. The van der Waals surface area contributed by atoms with E-state index in [1.807, 2.05) is 31.2 Å². The monoisotopic (exact) mass is 400 g/mol. The molecular formula is C18H13FN4O2S2. The van der Waals surface area contributed by atoms with Gasteiger partial charge in [0.1, 0.15) is 5.82 Å². The van der Waals surface area contributed by atoms with Crippen molar-refractivity contribution in [2.24, 2.45) is 0 Å². The summed E-state index contributed by atoms with van der Waals surface area (Å²) in [4.78, 5) is 16.4. The summed E-state index contributed by atoms with van der Waals surface area (Å²) in [7, 11) is 0. The van der Waals surface area contributed by atoms with Crippen LogP contribution >= 0.6 is 23.1 Å². The molecule has 0 saturated heterocycles. The molecular weight excluding hydrogens is 387 g/mol. The van der Waals surface area contributed by atoms with E-state index in [-0.39, 0.29) is 17.5 Å². The molecule has 2 aromatic heterocycles. The summed E-state index contributed by atoms with van der Waals surface area (Å²) in [5, 5.41) is 11.4. The van der Waals surface area contributed by atoms with Gasteiger partial charge in [0, 0.05) is 5.56 Å². The number of halogens is 1. The number of hydrogen-bond acceptors (Lipinski definition) is 7. The summed E-state index contributed by atoms with van der Waals surface area (Å²) in [6.07, 6.45) is 0. The Kier molecular flexibility index (Phi) is 4.87. The van der Waals surface area contributed by atoms with Crippen LogP contribution in [0.1, 0.15) is 5.56 Å². The van der Waals surface area contributed by atoms with Crippen LogP contribution in [0.25, 0.3) is 21.7 Å². The van der Waals surface area contributed by atoms with Gasteiger partial charge >= 0.3 is 0 Å². The number of carbonyl (C=O) groups excluding carboxylic acids is 1. The highest BCUT2D eigenvalue weighted by atomic mass is 32.2. The molecule has 2 aromatic carbocycles. The molecule has 0 spiro atoms. The van der Waals surface area contributed by atoms with Crippen molar-refractivity contribution in [3.63, 3.8) is 0 Å². The molecule has 0 atom stereocenters. The molecule has 0 aliphatic rings. The fourth-order valence-electron chi connectivity index (χ4n) is 2.32. The summed E-state index contributed by atoms with van der Waals surface area (Å²) < 4.78 is 19.5. The first-order valence-corrected chi connectivity index (χ1v) is 9.76. The quantitative estimate of drug-likeness (QED) is 0.496. The smallest absolute Gasteiger partial charge is 0.277 e. The maximum Gasteiger partial charge on any atom is 0.277 e. The second kappa shape index (κ2) is 7.45. The number of thiazole rings is 1. The number of anilines is 1. The van der Waals surface area contributed by atoms with Gasteiger partial charge in [0.2, 0.25) is 11.8 Å². The van der Waals surface area contributed by atoms with E-state index in [9.17, 15) is 9.18 Å². The fourth-order valence-corrected chi connectivity index (χ4v) is 3.79. The first kappa shape index (κ1) is 17.6. The normalized spacial score (nSPS) is 11.0. The highest BCUT2D eigenvalue weighted by Crippen LogP contribution is 2.27. The lowest BCUT2D eigenvalue weighted by molar-refractivity contribution is -0.113. The van der Waals surface area contributed by atoms with Gasteiger partial charge in [-0.25, -0.2) is 9.37 Å². The third-order valence-electron chi connectivity index (χ3n) is 3.63. The number of thioether (sulfide) groups is 1. The molecule has 1 amide bonds. The highest BCUT2D eigenvalue weighted by molar-refractivity contribution is 7.99. The molecule has 27 heavy (non-hydrogen) atoms. The number of hydrogen-bond donors (Lipinski definition) is 1. The van der Waals surface area contributed by atoms with E-state index in [0.29, 0.717) is 26.5 Å². The molecule has 0 radical (unpaired) electrons. The van der Waals surface area contributed by atoms with Crippen molar-refractivity contribution in [1.82, 2.24) is 15.2 Å². The minimum atomic E-state index is -0.333. The molecule has 0 fully saturated rings. The van der Waals surface area contributed by atoms with Crippen molar-refractivity contribution in [1.29, 1.82) is 0 Å². The topological polar surface area (TPSA) is 80.9 Å². The lowest BCUT2D eigenvalue weighted by Gasteiger charge is -1.98. The number of fused-ring (bicyclic) bond motifs is 1. The maximum absolute atomic E-state index is 13.2. The van der Waals surface area contributed by atoms with Crippen molar-refractivity contribution in [3.8, 4) is 11.5 Å². The largest absolute Gasteiger partial charge is 0.411 e. The van der Waals surface area contributed by atoms with E-state index >= 15 is 0 Å². The molecule has 0 saturated carbocycles. The Morgan fingerprint density at radius 1 is 1.22 bits per heavy atom. The van der Waals surface area contributed by atoms with E-state index in [4.69, 9.17) is 4.42 Å². The number of aromatic nitrogens is 3. The van der Waals surface area contributed by atoms with Crippen LogP contribution < -0.4 is 5.32 Å². The molecule has 9 heteroatoms. The van der Waals surface area contributed by atoms with E-state index in [1.165, 1.54) is 23.5 Å². The Morgan fingerprint density at radius 2 is 2.04 bits per heavy atom. The minimum absolute atomic E-state index is 0.0970. The lowest BCUT2D eigenvalue weighted by Crippen LogP contribution is -2.13. The standard InChI is InChI=1S/C18H13FN4O2S2/c1-10-2-4-11(5-3-10)16-22-23-18(25-16)26-9-15(24)21-17-20-13-7-6-12(19)8-14(13)27-17/h2-8H,9H2,1H3,(H,20,21,24). The number of carbonyl (C=O) groups is 1. The minimum Gasteiger partial charge on any atom is -0.411 e. The summed E-state index contributed by atoms with van der Waals surface area (Å²) in [5.41, 5.74) is 2.61. The maximum atomic E-state index is 13.2. The van der Waals surface area contributed by atoms with Crippen LogP contribution in [0, 0.1) is 12.7 Å². The SMILES string of the molecule is Cc1ccc(-c2nnc(SCC(=O)Nc3nc4ccc(F)cc4s3)o2)cc1. The van der Waals surface area contributed by atoms with Crippen LogP contribution in [0.3, 0.4) is 0 Å². The average Bonchev–Trinajstić information content (AvgIpc) is 3.26. The van der Waals surface area contributed by atoms with Crippen molar-refractivity contribution in [3.05, 3.63) is 53.8 Å². The van der Waals surface area contributed by atoms with Gasteiger partial charge in [-0.2, -0.15) is 0 Å². The fraction of sp³-hybridized carbons (Fsp3) is 0.111. The molecule has 2 heterocycles. The zero-order valence-corrected chi connectivity index (χ0v) is 15.7.